The number of aromatic nitrogens is 1. The van der Waals surface area contributed by atoms with Crippen LogP contribution in [0.1, 0.15) is 28.6 Å². The van der Waals surface area contributed by atoms with Crippen molar-refractivity contribution in [3.8, 4) is 11.5 Å². The van der Waals surface area contributed by atoms with Gasteiger partial charge in [-0.25, -0.2) is 9.78 Å². The minimum atomic E-state index is -0.315. The number of carbonyl (C=O) groups is 2. The van der Waals surface area contributed by atoms with Gasteiger partial charge in [0.15, 0.2) is 0 Å². The molecule has 2 aromatic carbocycles. The molecule has 3 amide bonds. The molecule has 2 aliphatic heterocycles. The Morgan fingerprint density at radius 1 is 1.13 bits per heavy atom. The van der Waals surface area contributed by atoms with Crippen molar-refractivity contribution >= 4 is 50.6 Å². The second-order valence-electron chi connectivity index (χ2n) is 10.1. The monoisotopic (exact) mass is 527 g/mol. The van der Waals surface area contributed by atoms with Gasteiger partial charge in [-0.05, 0) is 74.8 Å². The van der Waals surface area contributed by atoms with Crippen molar-refractivity contribution in [1.29, 1.82) is 0 Å². The second kappa shape index (κ2) is 9.74. The predicted octanol–water partition coefficient (Wildman–Crippen LogP) is 6.15. The third-order valence-electron chi connectivity index (χ3n) is 7.27. The number of ether oxygens (including phenoxy) is 1. The van der Waals surface area contributed by atoms with E-state index in [1.54, 1.807) is 11.1 Å². The minimum absolute atomic E-state index is 0.0959. The van der Waals surface area contributed by atoms with Crippen LogP contribution in [0.3, 0.4) is 0 Å². The molecular formula is C29H29N5O3S. The first-order valence-electron chi connectivity index (χ1n) is 12.7. The third-order valence-corrected chi connectivity index (χ3v) is 8.36. The highest BCUT2D eigenvalue weighted by atomic mass is 32.1. The molecule has 0 spiro atoms. The number of urea groups is 1. The van der Waals surface area contributed by atoms with Crippen molar-refractivity contribution in [3.63, 3.8) is 0 Å². The van der Waals surface area contributed by atoms with E-state index < -0.39 is 0 Å². The van der Waals surface area contributed by atoms with Gasteiger partial charge in [0, 0.05) is 18.8 Å². The van der Waals surface area contributed by atoms with Crippen LogP contribution in [0, 0.1) is 12.8 Å². The number of likely N-dealkylation sites (tertiary alicyclic amines) is 1. The molecule has 38 heavy (non-hydrogen) atoms. The maximum absolute atomic E-state index is 13.5. The van der Waals surface area contributed by atoms with Crippen molar-refractivity contribution in [3.05, 3.63) is 71.2 Å². The summed E-state index contributed by atoms with van der Waals surface area (Å²) in [6, 6.07) is 16.8. The molecule has 2 aromatic heterocycles. The number of piperidine rings is 1. The number of thiophene rings is 1. The van der Waals surface area contributed by atoms with Gasteiger partial charge < -0.3 is 20.3 Å². The van der Waals surface area contributed by atoms with Crippen LogP contribution in [-0.4, -0.2) is 48.0 Å². The van der Waals surface area contributed by atoms with E-state index in [-0.39, 0.29) is 18.0 Å². The van der Waals surface area contributed by atoms with Crippen LogP contribution in [0.25, 0.3) is 10.2 Å². The molecule has 0 saturated carbocycles. The highest BCUT2D eigenvalue weighted by molar-refractivity contribution is 7.21. The quantitative estimate of drug-likeness (QED) is 0.325. The van der Waals surface area contributed by atoms with Gasteiger partial charge in [-0.1, -0.05) is 25.1 Å². The fourth-order valence-corrected chi connectivity index (χ4v) is 6.38. The number of pyridine rings is 1. The SMILES string of the molecule is Cc1cc(Oc2ccccc2)ccc1N1C(=O)Nc2c(C(=O)NC3CCN(C)CC3C)sc3nccc1c23. The Hall–Kier alpha value is -3.95. The molecule has 194 valence electrons. The molecule has 0 bridgehead atoms. The van der Waals surface area contributed by atoms with Crippen LogP contribution in [0.2, 0.25) is 0 Å². The summed E-state index contributed by atoms with van der Waals surface area (Å²) in [7, 11) is 2.10. The first kappa shape index (κ1) is 24.4. The minimum Gasteiger partial charge on any atom is -0.457 e. The fraction of sp³-hybridized carbons (Fsp3) is 0.276. The van der Waals surface area contributed by atoms with Gasteiger partial charge in [0.1, 0.15) is 21.2 Å². The van der Waals surface area contributed by atoms with E-state index in [0.717, 1.165) is 41.9 Å². The van der Waals surface area contributed by atoms with Gasteiger partial charge in [-0.2, -0.15) is 0 Å². The molecule has 0 radical (unpaired) electrons. The van der Waals surface area contributed by atoms with Crippen molar-refractivity contribution < 1.29 is 14.3 Å². The van der Waals surface area contributed by atoms with Crippen molar-refractivity contribution in [2.24, 2.45) is 5.92 Å². The Kier molecular flexibility index (Phi) is 6.25. The Morgan fingerprint density at radius 3 is 2.71 bits per heavy atom. The lowest BCUT2D eigenvalue weighted by molar-refractivity contribution is 0.0889. The Morgan fingerprint density at radius 2 is 1.95 bits per heavy atom. The molecule has 0 aliphatic carbocycles. The number of nitrogens with zero attached hydrogens (tertiary/aromatic N) is 3. The van der Waals surface area contributed by atoms with E-state index in [0.29, 0.717) is 32.7 Å². The van der Waals surface area contributed by atoms with E-state index in [4.69, 9.17) is 4.74 Å². The van der Waals surface area contributed by atoms with E-state index >= 15 is 0 Å². The van der Waals surface area contributed by atoms with E-state index in [2.05, 4.69) is 34.5 Å². The molecule has 2 aliphatic rings. The number of rotatable bonds is 5. The zero-order valence-corrected chi connectivity index (χ0v) is 22.3. The standard InChI is InChI=1S/C29H29N5O3S/c1-17-15-20(37-19-7-5-4-6-8-19)9-10-22(17)34-23-11-13-30-28-24(23)25(32-29(34)36)26(38-28)27(35)31-21-12-14-33(3)16-18(21)2/h4-11,13,15,18,21H,12,14,16H2,1-3H3,(H,31,35)(H,32,36). The van der Waals surface area contributed by atoms with E-state index in [1.807, 2.05) is 61.5 Å². The number of amides is 3. The number of benzene rings is 2. The number of para-hydroxylation sites is 1. The normalized spacial score (nSPS) is 19.3. The molecule has 8 nitrogen and oxygen atoms in total. The number of aryl methyl sites for hydroxylation is 1. The molecule has 2 N–H and O–H groups in total. The van der Waals surface area contributed by atoms with Crippen LogP contribution in [0.4, 0.5) is 21.9 Å². The van der Waals surface area contributed by atoms with E-state index in [9.17, 15) is 9.59 Å². The summed E-state index contributed by atoms with van der Waals surface area (Å²) in [4.78, 5) is 36.6. The molecule has 1 fully saturated rings. The van der Waals surface area contributed by atoms with Crippen molar-refractivity contribution in [1.82, 2.24) is 15.2 Å². The lowest BCUT2D eigenvalue weighted by Gasteiger charge is -2.35. The summed E-state index contributed by atoms with van der Waals surface area (Å²) in [5.74, 6) is 1.62. The second-order valence-corrected chi connectivity index (χ2v) is 11.1. The zero-order chi connectivity index (χ0) is 26.4. The number of nitrogens with one attached hydrogen (secondary N) is 2. The lowest BCUT2D eigenvalue weighted by Crippen LogP contribution is -2.48. The van der Waals surface area contributed by atoms with Gasteiger partial charge in [0.05, 0.1) is 22.4 Å². The summed E-state index contributed by atoms with van der Waals surface area (Å²) in [6.07, 6.45) is 2.59. The number of hydrogen-bond donors (Lipinski definition) is 2. The van der Waals surface area contributed by atoms with Gasteiger partial charge in [0.2, 0.25) is 0 Å². The number of carbonyl (C=O) groups excluding carboxylic acids is 2. The topological polar surface area (TPSA) is 86.8 Å². The van der Waals surface area contributed by atoms with Crippen LogP contribution in [0.15, 0.2) is 60.8 Å². The molecule has 4 aromatic rings. The predicted molar refractivity (Wildman–Crippen MR) is 151 cm³/mol. The van der Waals surface area contributed by atoms with Crippen molar-refractivity contribution in [2.75, 3.05) is 30.4 Å². The average molecular weight is 528 g/mol. The van der Waals surface area contributed by atoms with Gasteiger partial charge in [-0.15, -0.1) is 11.3 Å². The first-order valence-corrected chi connectivity index (χ1v) is 13.6. The highest BCUT2D eigenvalue weighted by Gasteiger charge is 2.34. The Bertz CT molecular complexity index is 1540. The zero-order valence-electron chi connectivity index (χ0n) is 21.5. The van der Waals surface area contributed by atoms with Gasteiger partial charge in [0.25, 0.3) is 5.91 Å². The van der Waals surface area contributed by atoms with Gasteiger partial charge in [-0.3, -0.25) is 9.69 Å². The molecule has 2 atom stereocenters. The van der Waals surface area contributed by atoms with Crippen LogP contribution in [-0.2, 0) is 0 Å². The number of anilines is 3. The number of hydrogen-bond acceptors (Lipinski definition) is 6. The molecular weight excluding hydrogens is 498 g/mol. The summed E-state index contributed by atoms with van der Waals surface area (Å²) in [5, 5.41) is 6.99. The first-order chi connectivity index (χ1) is 18.4. The summed E-state index contributed by atoms with van der Waals surface area (Å²) in [6.45, 7) is 5.99. The fourth-order valence-electron chi connectivity index (χ4n) is 5.35. The summed E-state index contributed by atoms with van der Waals surface area (Å²) in [5.41, 5.74) is 2.86. The van der Waals surface area contributed by atoms with Crippen LogP contribution < -0.4 is 20.3 Å². The smallest absolute Gasteiger partial charge is 0.331 e. The average Bonchev–Trinajstić information content (AvgIpc) is 3.27. The maximum atomic E-state index is 13.5. The Labute approximate surface area is 225 Å². The molecule has 9 heteroatoms. The summed E-state index contributed by atoms with van der Waals surface area (Å²) < 4.78 is 5.97. The van der Waals surface area contributed by atoms with Crippen LogP contribution >= 0.6 is 11.3 Å². The molecule has 1 saturated heterocycles. The molecule has 6 rings (SSSR count). The van der Waals surface area contributed by atoms with E-state index in [1.165, 1.54) is 11.3 Å². The summed E-state index contributed by atoms with van der Waals surface area (Å²) >= 11 is 1.31. The third kappa shape index (κ3) is 4.37. The lowest BCUT2D eigenvalue weighted by atomic mass is 9.94. The Balaban J connectivity index is 1.32. The van der Waals surface area contributed by atoms with Gasteiger partial charge >= 0.3 is 6.03 Å². The highest BCUT2D eigenvalue weighted by Crippen LogP contribution is 2.46. The molecule has 4 heterocycles. The van der Waals surface area contributed by atoms with Crippen LogP contribution in [0.5, 0.6) is 11.5 Å². The maximum Gasteiger partial charge on any atom is 0.331 e. The largest absolute Gasteiger partial charge is 0.457 e. The van der Waals surface area contributed by atoms with Crippen molar-refractivity contribution in [2.45, 2.75) is 26.3 Å². The molecule has 2 unspecified atom stereocenters.